The van der Waals surface area contributed by atoms with Crippen LogP contribution in [0.2, 0.25) is 0 Å². The summed E-state index contributed by atoms with van der Waals surface area (Å²) in [6.45, 7) is 0.127. The van der Waals surface area contributed by atoms with E-state index < -0.39 is 0 Å². The van der Waals surface area contributed by atoms with Crippen molar-refractivity contribution in [1.82, 2.24) is 0 Å². The Morgan fingerprint density at radius 1 is 1.47 bits per heavy atom. The molecule has 82 valence electrons. The van der Waals surface area contributed by atoms with Gasteiger partial charge in [0.1, 0.15) is 0 Å². The van der Waals surface area contributed by atoms with E-state index in [1.807, 2.05) is 0 Å². The van der Waals surface area contributed by atoms with E-state index >= 15 is 0 Å². The summed E-state index contributed by atoms with van der Waals surface area (Å²) >= 11 is 0. The number of halogens is 1. The van der Waals surface area contributed by atoms with Gasteiger partial charge < -0.3 is 9.84 Å². The second-order valence-corrected chi connectivity index (χ2v) is 4.14. The molecule has 1 saturated carbocycles. The highest BCUT2D eigenvalue weighted by Gasteiger charge is 2.38. The highest BCUT2D eigenvalue weighted by molar-refractivity contribution is 5.36. The van der Waals surface area contributed by atoms with Crippen LogP contribution in [0.15, 0.2) is 18.2 Å². The van der Waals surface area contributed by atoms with Crippen LogP contribution in [0, 0.1) is 5.82 Å². The Morgan fingerprint density at radius 3 is 2.67 bits per heavy atom. The Balaban J connectivity index is 2.36. The summed E-state index contributed by atoms with van der Waals surface area (Å²) in [6.07, 6.45) is 3.07. The summed E-state index contributed by atoms with van der Waals surface area (Å²) in [5, 5.41) is 9.39. The summed E-state index contributed by atoms with van der Waals surface area (Å²) in [5.74, 6) is -0.0964. The lowest BCUT2D eigenvalue weighted by Crippen LogP contribution is -2.37. The standard InChI is InChI=1S/C12H15FO2/c1-15-11-7-9(3-4-10(11)13)12(8-14)5-2-6-12/h3-4,7,14H,2,5-6,8H2,1H3. The van der Waals surface area contributed by atoms with Crippen LogP contribution in [0.25, 0.3) is 0 Å². The maximum absolute atomic E-state index is 13.2. The van der Waals surface area contributed by atoms with Crippen LogP contribution in [0.1, 0.15) is 24.8 Å². The first-order valence-electron chi connectivity index (χ1n) is 5.17. The van der Waals surface area contributed by atoms with Crippen molar-refractivity contribution in [2.24, 2.45) is 0 Å². The van der Waals surface area contributed by atoms with E-state index in [4.69, 9.17) is 4.74 Å². The molecular formula is C12H15FO2. The predicted molar refractivity (Wildman–Crippen MR) is 55.6 cm³/mol. The number of ether oxygens (including phenoxy) is 1. The molecule has 0 heterocycles. The van der Waals surface area contributed by atoms with Crippen LogP contribution in [0.3, 0.4) is 0 Å². The zero-order valence-electron chi connectivity index (χ0n) is 8.79. The molecule has 0 atom stereocenters. The van der Waals surface area contributed by atoms with Crippen molar-refractivity contribution < 1.29 is 14.2 Å². The van der Waals surface area contributed by atoms with E-state index in [9.17, 15) is 9.50 Å². The molecule has 0 unspecified atom stereocenters. The molecule has 0 spiro atoms. The van der Waals surface area contributed by atoms with Crippen molar-refractivity contribution in [3.05, 3.63) is 29.6 Å². The number of benzene rings is 1. The second kappa shape index (κ2) is 3.81. The van der Waals surface area contributed by atoms with Crippen molar-refractivity contribution in [1.29, 1.82) is 0 Å². The molecule has 0 aliphatic heterocycles. The molecule has 1 fully saturated rings. The summed E-state index contributed by atoms with van der Waals surface area (Å²) in [6, 6.07) is 4.85. The second-order valence-electron chi connectivity index (χ2n) is 4.14. The largest absolute Gasteiger partial charge is 0.494 e. The van der Waals surface area contributed by atoms with E-state index in [1.54, 1.807) is 12.1 Å². The summed E-state index contributed by atoms with van der Waals surface area (Å²) in [4.78, 5) is 0. The van der Waals surface area contributed by atoms with Crippen LogP contribution in [0.5, 0.6) is 5.75 Å². The fraction of sp³-hybridized carbons (Fsp3) is 0.500. The predicted octanol–water partition coefficient (Wildman–Crippen LogP) is 2.25. The number of hydrogen-bond acceptors (Lipinski definition) is 2. The van der Waals surface area contributed by atoms with Gasteiger partial charge in [-0.2, -0.15) is 0 Å². The molecule has 0 saturated heterocycles. The molecular weight excluding hydrogens is 195 g/mol. The minimum Gasteiger partial charge on any atom is -0.494 e. The molecule has 1 N–H and O–H groups in total. The third-order valence-corrected chi connectivity index (χ3v) is 3.38. The Bertz CT molecular complexity index is 353. The molecule has 0 aromatic heterocycles. The summed E-state index contributed by atoms with van der Waals surface area (Å²) in [5.41, 5.74) is 0.829. The molecule has 1 aliphatic rings. The fourth-order valence-electron chi connectivity index (χ4n) is 2.13. The minimum atomic E-state index is -0.353. The number of methoxy groups -OCH3 is 1. The molecule has 0 amide bonds. The molecule has 1 aliphatic carbocycles. The third-order valence-electron chi connectivity index (χ3n) is 3.38. The van der Waals surface area contributed by atoms with Crippen molar-refractivity contribution in [2.45, 2.75) is 24.7 Å². The highest BCUT2D eigenvalue weighted by atomic mass is 19.1. The molecule has 15 heavy (non-hydrogen) atoms. The average Bonchev–Trinajstić information content (AvgIpc) is 2.19. The Labute approximate surface area is 88.7 Å². The van der Waals surface area contributed by atoms with E-state index in [1.165, 1.54) is 13.2 Å². The smallest absolute Gasteiger partial charge is 0.165 e. The molecule has 1 aromatic rings. The normalized spacial score (nSPS) is 18.3. The zero-order chi connectivity index (χ0) is 10.9. The quantitative estimate of drug-likeness (QED) is 0.829. The monoisotopic (exact) mass is 210 g/mol. The zero-order valence-corrected chi connectivity index (χ0v) is 8.79. The lowest BCUT2D eigenvalue weighted by atomic mass is 9.65. The van der Waals surface area contributed by atoms with Crippen molar-refractivity contribution in [3.8, 4) is 5.75 Å². The van der Waals surface area contributed by atoms with Crippen LogP contribution in [-0.4, -0.2) is 18.8 Å². The van der Waals surface area contributed by atoms with Gasteiger partial charge in [0.2, 0.25) is 0 Å². The van der Waals surface area contributed by atoms with E-state index in [-0.39, 0.29) is 23.6 Å². The average molecular weight is 210 g/mol. The Kier molecular flexibility index (Phi) is 2.65. The topological polar surface area (TPSA) is 29.5 Å². The van der Waals surface area contributed by atoms with E-state index in [0.29, 0.717) is 0 Å². The van der Waals surface area contributed by atoms with Crippen LogP contribution >= 0.6 is 0 Å². The van der Waals surface area contributed by atoms with Gasteiger partial charge in [-0.3, -0.25) is 0 Å². The lowest BCUT2D eigenvalue weighted by Gasteiger charge is -2.41. The van der Waals surface area contributed by atoms with Crippen molar-refractivity contribution in [2.75, 3.05) is 13.7 Å². The maximum Gasteiger partial charge on any atom is 0.165 e. The number of hydrogen-bond donors (Lipinski definition) is 1. The van der Waals surface area contributed by atoms with Gasteiger partial charge in [-0.25, -0.2) is 4.39 Å². The maximum atomic E-state index is 13.2. The van der Waals surface area contributed by atoms with E-state index in [0.717, 1.165) is 24.8 Å². The number of aliphatic hydroxyl groups excluding tert-OH is 1. The summed E-state index contributed by atoms with van der Waals surface area (Å²) in [7, 11) is 1.45. The Hall–Kier alpha value is -1.09. The van der Waals surface area contributed by atoms with Gasteiger partial charge in [-0.05, 0) is 30.5 Å². The molecule has 1 aromatic carbocycles. The Morgan fingerprint density at radius 2 is 2.20 bits per heavy atom. The van der Waals surface area contributed by atoms with Gasteiger partial charge in [-0.1, -0.05) is 12.5 Å². The summed E-state index contributed by atoms with van der Waals surface area (Å²) < 4.78 is 18.1. The number of aliphatic hydroxyl groups is 1. The molecule has 0 bridgehead atoms. The molecule has 0 radical (unpaired) electrons. The SMILES string of the molecule is COc1cc(C2(CO)CCC2)ccc1F. The van der Waals surface area contributed by atoms with Crippen molar-refractivity contribution >= 4 is 0 Å². The van der Waals surface area contributed by atoms with Gasteiger partial charge in [0.15, 0.2) is 11.6 Å². The van der Waals surface area contributed by atoms with Gasteiger partial charge in [-0.15, -0.1) is 0 Å². The van der Waals surface area contributed by atoms with Gasteiger partial charge >= 0.3 is 0 Å². The first-order chi connectivity index (χ1) is 7.22. The van der Waals surface area contributed by atoms with Crippen molar-refractivity contribution in [3.63, 3.8) is 0 Å². The number of rotatable bonds is 3. The third kappa shape index (κ3) is 1.61. The first-order valence-corrected chi connectivity index (χ1v) is 5.17. The van der Waals surface area contributed by atoms with Crippen LogP contribution in [-0.2, 0) is 5.41 Å². The first kappa shape index (κ1) is 10.4. The van der Waals surface area contributed by atoms with Gasteiger partial charge in [0.05, 0.1) is 13.7 Å². The van der Waals surface area contributed by atoms with E-state index in [2.05, 4.69) is 0 Å². The molecule has 2 rings (SSSR count). The van der Waals surface area contributed by atoms with Crippen LogP contribution < -0.4 is 4.74 Å². The van der Waals surface area contributed by atoms with Gasteiger partial charge in [0, 0.05) is 5.41 Å². The van der Waals surface area contributed by atoms with Crippen LogP contribution in [0.4, 0.5) is 4.39 Å². The van der Waals surface area contributed by atoms with Gasteiger partial charge in [0.25, 0.3) is 0 Å². The molecule has 3 heteroatoms. The highest BCUT2D eigenvalue weighted by Crippen LogP contribution is 2.44. The lowest BCUT2D eigenvalue weighted by molar-refractivity contribution is 0.120. The molecule has 2 nitrogen and oxygen atoms in total. The fourth-order valence-corrected chi connectivity index (χ4v) is 2.13. The minimum absolute atomic E-state index is 0.127.